The van der Waals surface area contributed by atoms with Crippen LogP contribution in [0.4, 0.5) is 0 Å². The molecule has 0 aliphatic rings. The first kappa shape index (κ1) is 25.3. The fourth-order valence-corrected chi connectivity index (χ4v) is 2.54. The maximum Gasteiger partial charge on any atom is 1.00 e. The van der Waals surface area contributed by atoms with Gasteiger partial charge in [-0.25, -0.2) is 0 Å². The Morgan fingerprint density at radius 3 is 2.42 bits per heavy atom. The van der Waals surface area contributed by atoms with Gasteiger partial charge >= 0.3 is 59.1 Å². The molecule has 0 aromatic heterocycles. The second-order valence-electron chi connectivity index (χ2n) is 5.45. The zero-order valence-electron chi connectivity index (χ0n) is 15.8. The SMILES string of the molecule is CCCOc1cccc([C@H](CC(=O)[O-])c2ccc(OC)cc2[O-])c1.[Na+].[Na+]. The topological polar surface area (TPSA) is 81.7 Å². The summed E-state index contributed by atoms with van der Waals surface area (Å²) in [5.74, 6) is -0.983. The summed E-state index contributed by atoms with van der Waals surface area (Å²) < 4.78 is 10.6. The second kappa shape index (κ2) is 12.7. The molecular formula is C19H20Na2O5. The summed E-state index contributed by atoms with van der Waals surface area (Å²) in [5.41, 5.74) is 1.10. The molecule has 0 heterocycles. The van der Waals surface area contributed by atoms with E-state index in [-0.39, 0.29) is 71.3 Å². The van der Waals surface area contributed by atoms with Crippen LogP contribution in [0.3, 0.4) is 0 Å². The largest absolute Gasteiger partial charge is 1.00 e. The van der Waals surface area contributed by atoms with Crippen LogP contribution in [0, 0.1) is 0 Å². The van der Waals surface area contributed by atoms with Crippen molar-refractivity contribution in [3.63, 3.8) is 0 Å². The summed E-state index contributed by atoms with van der Waals surface area (Å²) in [7, 11) is 1.47. The van der Waals surface area contributed by atoms with Crippen LogP contribution in [0.1, 0.15) is 36.8 Å². The molecule has 7 heteroatoms. The van der Waals surface area contributed by atoms with Crippen molar-refractivity contribution in [1.29, 1.82) is 0 Å². The minimum Gasteiger partial charge on any atom is -0.872 e. The molecule has 0 fully saturated rings. The van der Waals surface area contributed by atoms with Gasteiger partial charge in [0, 0.05) is 11.9 Å². The maximum atomic E-state index is 12.3. The molecule has 0 spiro atoms. The number of carbonyl (C=O) groups excluding carboxylic acids is 1. The van der Waals surface area contributed by atoms with Gasteiger partial charge in [-0.05, 0) is 48.2 Å². The van der Waals surface area contributed by atoms with Crippen LogP contribution in [0.5, 0.6) is 17.2 Å². The quantitative estimate of drug-likeness (QED) is 0.438. The number of methoxy groups -OCH3 is 1. The summed E-state index contributed by atoms with van der Waals surface area (Å²) in [5, 5.41) is 23.5. The van der Waals surface area contributed by atoms with Crippen LogP contribution in [0.2, 0.25) is 0 Å². The second-order valence-corrected chi connectivity index (χ2v) is 5.45. The van der Waals surface area contributed by atoms with Crippen LogP contribution in [0.25, 0.3) is 0 Å². The van der Waals surface area contributed by atoms with Crippen molar-refractivity contribution >= 4 is 5.97 Å². The number of carboxylic acids is 1. The Kier molecular flexibility index (Phi) is 12.3. The number of carbonyl (C=O) groups is 1. The molecule has 0 bridgehead atoms. The van der Waals surface area contributed by atoms with Crippen molar-refractivity contribution < 1.29 is 83.6 Å². The Morgan fingerprint density at radius 1 is 1.12 bits per heavy atom. The van der Waals surface area contributed by atoms with Crippen LogP contribution in [-0.2, 0) is 4.79 Å². The van der Waals surface area contributed by atoms with Crippen molar-refractivity contribution in [3.8, 4) is 17.2 Å². The third kappa shape index (κ3) is 7.14. The van der Waals surface area contributed by atoms with E-state index in [0.717, 1.165) is 6.42 Å². The average molecular weight is 374 g/mol. The van der Waals surface area contributed by atoms with E-state index in [1.54, 1.807) is 36.4 Å². The first-order valence-electron chi connectivity index (χ1n) is 7.82. The van der Waals surface area contributed by atoms with E-state index < -0.39 is 11.9 Å². The van der Waals surface area contributed by atoms with Gasteiger partial charge in [0.2, 0.25) is 0 Å². The third-order valence-corrected chi connectivity index (χ3v) is 3.70. The number of ether oxygens (including phenoxy) is 2. The molecule has 0 radical (unpaired) electrons. The molecule has 0 saturated carbocycles. The standard InChI is InChI=1S/C19H22O5.2Na/c1-3-9-24-15-6-4-5-13(10-15)17(12-19(21)22)16-8-7-14(23-2)11-18(16)20;;/h4-8,10-11,17,20H,3,9,12H2,1-2H3,(H,21,22);;/q;2*+1/p-2/t17-;;/m0../s1. The molecule has 0 aliphatic carbocycles. The van der Waals surface area contributed by atoms with Gasteiger partial charge in [0.05, 0.1) is 13.7 Å². The summed E-state index contributed by atoms with van der Waals surface area (Å²) in [6.07, 6.45) is 0.592. The minimum atomic E-state index is -1.21. The van der Waals surface area contributed by atoms with Gasteiger partial charge in [0.15, 0.2) is 0 Å². The molecule has 1 atom stereocenters. The molecule has 0 saturated heterocycles. The molecule has 0 N–H and O–H groups in total. The number of benzene rings is 2. The Labute approximate surface area is 198 Å². The van der Waals surface area contributed by atoms with Gasteiger partial charge in [-0.2, -0.15) is 0 Å². The van der Waals surface area contributed by atoms with Crippen molar-refractivity contribution in [1.82, 2.24) is 0 Å². The number of hydrogen-bond donors (Lipinski definition) is 0. The van der Waals surface area contributed by atoms with Gasteiger partial charge in [0.25, 0.3) is 0 Å². The molecule has 26 heavy (non-hydrogen) atoms. The van der Waals surface area contributed by atoms with Crippen LogP contribution in [0.15, 0.2) is 42.5 Å². The fourth-order valence-electron chi connectivity index (χ4n) is 2.54. The van der Waals surface area contributed by atoms with E-state index in [0.29, 0.717) is 29.2 Å². The minimum absolute atomic E-state index is 0. The number of hydrogen-bond acceptors (Lipinski definition) is 5. The Balaban J connectivity index is 0.00000312. The number of rotatable bonds is 8. The zero-order valence-corrected chi connectivity index (χ0v) is 19.8. The maximum absolute atomic E-state index is 12.3. The molecule has 2 aromatic rings. The molecular weight excluding hydrogens is 354 g/mol. The first-order chi connectivity index (χ1) is 11.5. The van der Waals surface area contributed by atoms with Gasteiger partial charge < -0.3 is 24.5 Å². The Hall–Kier alpha value is -0.690. The Bertz CT molecular complexity index is 706. The van der Waals surface area contributed by atoms with E-state index in [1.807, 2.05) is 6.92 Å². The molecule has 0 unspecified atom stereocenters. The summed E-state index contributed by atoms with van der Waals surface area (Å²) >= 11 is 0. The predicted octanol–water partition coefficient (Wildman–Crippen LogP) is -4.16. The van der Waals surface area contributed by atoms with E-state index in [2.05, 4.69) is 0 Å². The zero-order chi connectivity index (χ0) is 17.5. The molecule has 128 valence electrons. The number of aliphatic carboxylic acids is 1. The normalized spacial score (nSPS) is 10.8. The van der Waals surface area contributed by atoms with E-state index in [1.165, 1.54) is 13.2 Å². The van der Waals surface area contributed by atoms with Gasteiger partial charge in [-0.15, -0.1) is 5.75 Å². The summed E-state index contributed by atoms with van der Waals surface area (Å²) in [6.45, 7) is 2.58. The average Bonchev–Trinajstić information content (AvgIpc) is 2.58. The van der Waals surface area contributed by atoms with E-state index in [9.17, 15) is 15.0 Å². The van der Waals surface area contributed by atoms with Crippen molar-refractivity contribution in [2.45, 2.75) is 25.7 Å². The smallest absolute Gasteiger partial charge is 0.872 e. The van der Waals surface area contributed by atoms with E-state index >= 15 is 0 Å². The molecule has 2 aromatic carbocycles. The monoisotopic (exact) mass is 374 g/mol. The van der Waals surface area contributed by atoms with Crippen molar-refractivity contribution in [2.24, 2.45) is 0 Å². The van der Waals surface area contributed by atoms with Gasteiger partial charge in [0.1, 0.15) is 11.5 Å². The molecule has 2 rings (SSSR count). The Morgan fingerprint density at radius 2 is 1.85 bits per heavy atom. The van der Waals surface area contributed by atoms with Crippen molar-refractivity contribution in [3.05, 3.63) is 53.6 Å². The first-order valence-corrected chi connectivity index (χ1v) is 7.82. The molecule has 5 nitrogen and oxygen atoms in total. The fraction of sp³-hybridized carbons (Fsp3) is 0.316. The summed E-state index contributed by atoms with van der Waals surface area (Å²) in [4.78, 5) is 11.2. The predicted molar refractivity (Wildman–Crippen MR) is 86.1 cm³/mol. The summed E-state index contributed by atoms with van der Waals surface area (Å²) in [6, 6.07) is 11.8. The molecule has 0 aliphatic heterocycles. The van der Waals surface area contributed by atoms with Gasteiger partial charge in [-0.1, -0.05) is 25.1 Å². The van der Waals surface area contributed by atoms with Crippen molar-refractivity contribution in [2.75, 3.05) is 13.7 Å². The third-order valence-electron chi connectivity index (χ3n) is 3.70. The van der Waals surface area contributed by atoms with E-state index in [4.69, 9.17) is 9.47 Å². The van der Waals surface area contributed by atoms with Crippen LogP contribution >= 0.6 is 0 Å². The molecule has 0 amide bonds. The van der Waals surface area contributed by atoms with Crippen LogP contribution in [-0.4, -0.2) is 19.7 Å². The van der Waals surface area contributed by atoms with Gasteiger partial charge in [-0.3, -0.25) is 0 Å². The van der Waals surface area contributed by atoms with Crippen LogP contribution < -0.4 is 78.8 Å². The number of carboxylic acid groups (broad SMARTS) is 1.